The Kier molecular flexibility index (Phi) is 9.87. The molecule has 2 aromatic heterocycles. The monoisotopic (exact) mass is 552 g/mol. The molecule has 4 rings (SSSR count). The van der Waals surface area contributed by atoms with E-state index in [9.17, 15) is 9.59 Å². The van der Waals surface area contributed by atoms with E-state index in [1.165, 1.54) is 41.3 Å². The fourth-order valence-electron chi connectivity index (χ4n) is 4.23. The van der Waals surface area contributed by atoms with E-state index in [1.807, 2.05) is 11.1 Å². The van der Waals surface area contributed by atoms with Crippen molar-refractivity contribution >= 4 is 45.6 Å². The standard InChI is InChI=1S/C29H32N2O3S3/c1-21(17-24-6-4-5-23(18-24)7-8-25-20-35-19-22(25)2)11-13-30-15-16-36-29(33)31(30)14-12-26-9-10-27(37-26)28(32)34-3/h4-6,9-10,18-21H,11-17H2,1-3H3. The van der Waals surface area contributed by atoms with Crippen LogP contribution >= 0.6 is 34.4 Å². The minimum atomic E-state index is -0.313. The lowest BCUT2D eigenvalue weighted by Gasteiger charge is -2.38. The second-order valence-electron chi connectivity index (χ2n) is 9.22. The number of thiophene rings is 2. The summed E-state index contributed by atoms with van der Waals surface area (Å²) in [7, 11) is 1.39. The molecule has 1 unspecified atom stereocenters. The van der Waals surface area contributed by atoms with Gasteiger partial charge >= 0.3 is 5.97 Å². The van der Waals surface area contributed by atoms with Crippen LogP contribution in [0.4, 0.5) is 4.79 Å². The molecular formula is C29H32N2O3S3. The highest BCUT2D eigenvalue weighted by Crippen LogP contribution is 2.23. The highest BCUT2D eigenvalue weighted by atomic mass is 32.2. The third kappa shape index (κ3) is 7.71. The molecule has 5 nitrogen and oxygen atoms in total. The summed E-state index contributed by atoms with van der Waals surface area (Å²) in [4.78, 5) is 26.1. The number of hydrogen-bond donors (Lipinski definition) is 0. The molecule has 1 aliphatic heterocycles. The molecule has 0 aliphatic carbocycles. The Labute approximate surface area is 231 Å². The zero-order valence-corrected chi connectivity index (χ0v) is 23.9. The van der Waals surface area contributed by atoms with Crippen molar-refractivity contribution in [2.45, 2.75) is 33.1 Å². The van der Waals surface area contributed by atoms with Gasteiger partial charge in [-0.15, -0.1) is 11.3 Å². The molecular weight excluding hydrogens is 521 g/mol. The Hall–Kier alpha value is -2.57. The average Bonchev–Trinajstić information content (AvgIpc) is 3.54. The number of rotatable bonds is 9. The highest BCUT2D eigenvalue weighted by molar-refractivity contribution is 8.13. The highest BCUT2D eigenvalue weighted by Gasteiger charge is 2.27. The van der Waals surface area contributed by atoms with E-state index in [1.54, 1.807) is 17.4 Å². The molecule has 1 fully saturated rings. The van der Waals surface area contributed by atoms with E-state index in [0.717, 1.165) is 54.1 Å². The molecule has 0 radical (unpaired) electrons. The molecule has 0 spiro atoms. The number of ether oxygens (including phenoxy) is 1. The van der Waals surface area contributed by atoms with Gasteiger partial charge in [-0.2, -0.15) is 11.3 Å². The van der Waals surface area contributed by atoms with Gasteiger partial charge in [0.15, 0.2) is 0 Å². The fraction of sp³-hybridized carbons (Fsp3) is 0.379. The third-order valence-corrected chi connectivity index (χ3v) is 9.16. The van der Waals surface area contributed by atoms with Crippen molar-refractivity contribution in [3.8, 4) is 11.8 Å². The van der Waals surface area contributed by atoms with Crippen LogP contribution < -0.4 is 0 Å². The van der Waals surface area contributed by atoms with Crippen LogP contribution in [0.1, 0.15) is 50.1 Å². The van der Waals surface area contributed by atoms with Crippen LogP contribution in [0, 0.1) is 24.7 Å². The molecule has 8 heteroatoms. The maximum atomic E-state index is 12.7. The summed E-state index contributed by atoms with van der Waals surface area (Å²) < 4.78 is 4.80. The van der Waals surface area contributed by atoms with Crippen LogP contribution in [0.2, 0.25) is 0 Å². The summed E-state index contributed by atoms with van der Waals surface area (Å²) in [6.07, 6.45) is 2.71. The van der Waals surface area contributed by atoms with Crippen LogP contribution in [-0.2, 0) is 17.6 Å². The third-order valence-electron chi connectivity index (χ3n) is 6.33. The molecule has 3 aromatic rings. The zero-order chi connectivity index (χ0) is 26.2. The molecule has 0 saturated carbocycles. The minimum absolute atomic E-state index is 0.107. The number of hydrazine groups is 1. The van der Waals surface area contributed by atoms with Crippen LogP contribution in [0.5, 0.6) is 0 Å². The lowest BCUT2D eigenvalue weighted by atomic mass is 9.97. The van der Waals surface area contributed by atoms with Gasteiger partial charge in [0.25, 0.3) is 5.24 Å². The van der Waals surface area contributed by atoms with Crippen LogP contribution in [0.15, 0.2) is 47.2 Å². The molecule has 0 bridgehead atoms. The summed E-state index contributed by atoms with van der Waals surface area (Å²) >= 11 is 4.50. The summed E-state index contributed by atoms with van der Waals surface area (Å²) in [5.74, 6) is 7.59. The van der Waals surface area contributed by atoms with Crippen molar-refractivity contribution in [1.82, 2.24) is 10.0 Å². The van der Waals surface area contributed by atoms with E-state index in [4.69, 9.17) is 4.74 Å². The molecule has 194 valence electrons. The van der Waals surface area contributed by atoms with Crippen LogP contribution in [0.25, 0.3) is 0 Å². The lowest BCUT2D eigenvalue weighted by Crippen LogP contribution is -2.50. The van der Waals surface area contributed by atoms with Crippen molar-refractivity contribution in [3.05, 3.63) is 79.2 Å². The van der Waals surface area contributed by atoms with Crippen molar-refractivity contribution in [2.75, 3.05) is 32.5 Å². The van der Waals surface area contributed by atoms with E-state index < -0.39 is 0 Å². The van der Waals surface area contributed by atoms with Gasteiger partial charge in [0, 0.05) is 53.2 Å². The minimum Gasteiger partial charge on any atom is -0.465 e. The van der Waals surface area contributed by atoms with Crippen LogP contribution in [-0.4, -0.2) is 53.7 Å². The number of esters is 1. The predicted molar refractivity (Wildman–Crippen MR) is 154 cm³/mol. The van der Waals surface area contributed by atoms with Gasteiger partial charge in [0.1, 0.15) is 4.88 Å². The number of thioether (sulfide) groups is 1. The van der Waals surface area contributed by atoms with Crippen molar-refractivity contribution in [1.29, 1.82) is 0 Å². The van der Waals surface area contributed by atoms with E-state index >= 15 is 0 Å². The Balaban J connectivity index is 1.30. The van der Waals surface area contributed by atoms with Gasteiger partial charge in [-0.1, -0.05) is 42.7 Å². The molecule has 1 aliphatic rings. The molecule has 37 heavy (non-hydrogen) atoms. The fourth-order valence-corrected chi connectivity index (χ4v) is 6.76. The van der Waals surface area contributed by atoms with E-state index in [2.05, 4.69) is 65.7 Å². The quantitative estimate of drug-likeness (QED) is 0.224. The number of amides is 1. The summed E-state index contributed by atoms with van der Waals surface area (Å²) in [6.45, 7) is 6.71. The Morgan fingerprint density at radius 1 is 1.16 bits per heavy atom. The number of hydrogen-bond acceptors (Lipinski definition) is 7. The van der Waals surface area contributed by atoms with Gasteiger partial charge in [0.05, 0.1) is 7.11 Å². The predicted octanol–water partition coefficient (Wildman–Crippen LogP) is 6.50. The largest absolute Gasteiger partial charge is 0.465 e. The molecule has 0 N–H and O–H groups in total. The SMILES string of the molecule is COC(=O)c1ccc(CCN2C(=O)SCCN2CCC(C)Cc2cccc(C#Cc3cscc3C)c2)s1. The second-order valence-corrected chi connectivity index (χ2v) is 12.2. The molecule has 1 atom stereocenters. The van der Waals surface area contributed by atoms with Gasteiger partial charge in [0.2, 0.25) is 0 Å². The summed E-state index contributed by atoms with van der Waals surface area (Å²) in [6, 6.07) is 12.3. The zero-order valence-electron chi connectivity index (χ0n) is 21.5. The lowest BCUT2D eigenvalue weighted by molar-refractivity contribution is 0.0241. The smallest absolute Gasteiger partial charge is 0.348 e. The number of carbonyl (C=O) groups is 2. The van der Waals surface area contributed by atoms with E-state index in [-0.39, 0.29) is 11.2 Å². The first-order chi connectivity index (χ1) is 17.9. The summed E-state index contributed by atoms with van der Waals surface area (Å²) in [5.41, 5.74) is 4.67. The molecule has 1 aromatic carbocycles. The molecule has 3 heterocycles. The molecule has 1 saturated heterocycles. The first-order valence-corrected chi connectivity index (χ1v) is 15.2. The Bertz CT molecular complexity index is 1290. The summed E-state index contributed by atoms with van der Waals surface area (Å²) in [5, 5.41) is 8.43. The number of aryl methyl sites for hydroxylation is 1. The maximum Gasteiger partial charge on any atom is 0.348 e. The normalized spacial score (nSPS) is 14.8. The van der Waals surface area contributed by atoms with Crippen molar-refractivity contribution in [3.63, 3.8) is 0 Å². The number of benzene rings is 1. The van der Waals surface area contributed by atoms with Crippen molar-refractivity contribution in [2.24, 2.45) is 5.92 Å². The van der Waals surface area contributed by atoms with Crippen molar-refractivity contribution < 1.29 is 14.3 Å². The number of carbonyl (C=O) groups excluding carboxylic acids is 2. The first-order valence-electron chi connectivity index (χ1n) is 12.4. The maximum absolute atomic E-state index is 12.7. The van der Waals surface area contributed by atoms with E-state index in [0.29, 0.717) is 17.3 Å². The molecule has 1 amide bonds. The van der Waals surface area contributed by atoms with Gasteiger partial charge in [-0.25, -0.2) is 9.80 Å². The first kappa shape index (κ1) is 27.5. The van der Waals surface area contributed by atoms with Gasteiger partial charge < -0.3 is 4.74 Å². The number of nitrogens with zero attached hydrogens (tertiary/aromatic N) is 2. The average molecular weight is 553 g/mol. The van der Waals surface area contributed by atoms with Gasteiger partial charge in [-0.3, -0.25) is 9.80 Å². The van der Waals surface area contributed by atoms with Gasteiger partial charge in [-0.05, 0) is 66.5 Å². The Morgan fingerprint density at radius 2 is 2.03 bits per heavy atom. The number of methoxy groups -OCH3 is 1. The second kappa shape index (κ2) is 13.3. The Morgan fingerprint density at radius 3 is 2.81 bits per heavy atom. The van der Waals surface area contributed by atoms with Crippen LogP contribution in [0.3, 0.4) is 0 Å². The topological polar surface area (TPSA) is 49.9 Å².